The zero-order valence-electron chi connectivity index (χ0n) is 16.8. The lowest BCUT2D eigenvalue weighted by Gasteiger charge is -2.29. The molecule has 1 heterocycles. The summed E-state index contributed by atoms with van der Waals surface area (Å²) in [6, 6.07) is 5.81. The van der Waals surface area contributed by atoms with E-state index in [0.29, 0.717) is 31.5 Å². The molecule has 0 radical (unpaired) electrons. The molecule has 1 aromatic carbocycles. The molecule has 5 nitrogen and oxygen atoms in total. The van der Waals surface area contributed by atoms with Gasteiger partial charge >= 0.3 is 0 Å². The number of nitrogens with zero attached hydrogens (tertiary/aromatic N) is 2. The summed E-state index contributed by atoms with van der Waals surface area (Å²) in [5.74, 6) is 0.578. The Bertz CT molecular complexity index is 579. The van der Waals surface area contributed by atoms with Crippen LogP contribution < -0.4 is 15.5 Å². The number of unbranched alkanes of at least 4 members (excludes halogenated alkanes) is 2. The largest absolute Gasteiger partial charge is 0.378 e. The molecule has 0 saturated carbocycles. The number of hydrogen-bond acceptors (Lipinski definition) is 3. The van der Waals surface area contributed by atoms with Gasteiger partial charge in [0, 0.05) is 32.7 Å². The van der Waals surface area contributed by atoms with Crippen LogP contribution in [0.1, 0.15) is 45.1 Å². The van der Waals surface area contributed by atoms with Crippen molar-refractivity contribution >= 4 is 35.6 Å². The van der Waals surface area contributed by atoms with Crippen molar-refractivity contribution in [1.82, 2.24) is 10.6 Å². The highest BCUT2D eigenvalue weighted by Gasteiger charge is 2.15. The van der Waals surface area contributed by atoms with Crippen LogP contribution in [0.5, 0.6) is 0 Å². The number of halogens is 2. The maximum absolute atomic E-state index is 14.5. The number of morpholine rings is 1. The topological polar surface area (TPSA) is 48.9 Å². The van der Waals surface area contributed by atoms with E-state index in [0.717, 1.165) is 31.0 Å². The Hall–Kier alpha value is -1.09. The lowest BCUT2D eigenvalue weighted by atomic mass is 10.1. The molecule has 1 fully saturated rings. The predicted molar refractivity (Wildman–Crippen MR) is 122 cm³/mol. The molecule has 2 rings (SSSR count). The average Bonchev–Trinajstić information content (AvgIpc) is 2.66. The second-order valence-electron chi connectivity index (χ2n) is 6.85. The third kappa shape index (κ3) is 8.21. The molecule has 0 bridgehead atoms. The van der Waals surface area contributed by atoms with Gasteiger partial charge in [0.25, 0.3) is 0 Å². The summed E-state index contributed by atoms with van der Waals surface area (Å²) in [4.78, 5) is 6.30. The first-order valence-electron chi connectivity index (χ1n) is 9.72. The molecule has 0 amide bonds. The number of hydrogen-bond donors (Lipinski definition) is 2. The van der Waals surface area contributed by atoms with Crippen molar-refractivity contribution in [1.29, 1.82) is 0 Å². The quantitative estimate of drug-likeness (QED) is 0.250. The van der Waals surface area contributed by atoms with Crippen molar-refractivity contribution in [2.75, 3.05) is 38.3 Å². The van der Waals surface area contributed by atoms with Crippen LogP contribution in [-0.2, 0) is 11.3 Å². The summed E-state index contributed by atoms with van der Waals surface area (Å²) in [6.07, 6.45) is 4.83. The fourth-order valence-electron chi connectivity index (χ4n) is 3.11. The number of ether oxygens (including phenoxy) is 1. The summed E-state index contributed by atoms with van der Waals surface area (Å²) in [5.41, 5.74) is 1.56. The zero-order valence-corrected chi connectivity index (χ0v) is 19.1. The maximum Gasteiger partial charge on any atom is 0.191 e. The molecule has 27 heavy (non-hydrogen) atoms. The molecular weight excluding hydrogens is 458 g/mol. The van der Waals surface area contributed by atoms with Gasteiger partial charge in [0.2, 0.25) is 0 Å². The van der Waals surface area contributed by atoms with Crippen molar-refractivity contribution in [3.8, 4) is 0 Å². The van der Waals surface area contributed by atoms with E-state index >= 15 is 0 Å². The van der Waals surface area contributed by atoms with Crippen LogP contribution in [0.3, 0.4) is 0 Å². The third-order valence-electron chi connectivity index (χ3n) is 4.67. The molecule has 154 valence electrons. The Labute approximate surface area is 180 Å². The van der Waals surface area contributed by atoms with Crippen LogP contribution in [0.25, 0.3) is 0 Å². The molecule has 1 aromatic rings. The third-order valence-corrected chi connectivity index (χ3v) is 4.67. The Kier molecular flexibility index (Phi) is 11.7. The van der Waals surface area contributed by atoms with E-state index in [-0.39, 0.29) is 29.8 Å². The van der Waals surface area contributed by atoms with E-state index in [9.17, 15) is 4.39 Å². The van der Waals surface area contributed by atoms with Crippen molar-refractivity contribution in [3.05, 3.63) is 29.6 Å². The summed E-state index contributed by atoms with van der Waals surface area (Å²) < 4.78 is 19.8. The number of guanidine groups is 1. The minimum Gasteiger partial charge on any atom is -0.378 e. The Morgan fingerprint density at radius 3 is 2.67 bits per heavy atom. The van der Waals surface area contributed by atoms with Gasteiger partial charge in [0.05, 0.1) is 18.9 Å². The van der Waals surface area contributed by atoms with Gasteiger partial charge in [-0.2, -0.15) is 0 Å². The number of rotatable bonds is 8. The molecule has 1 aliphatic rings. The van der Waals surface area contributed by atoms with Gasteiger partial charge in [-0.15, -0.1) is 24.0 Å². The summed E-state index contributed by atoms with van der Waals surface area (Å²) in [6.45, 7) is 7.70. The molecule has 1 unspecified atom stereocenters. The number of nitrogens with one attached hydrogen (secondary N) is 2. The molecule has 0 spiro atoms. The highest BCUT2D eigenvalue weighted by Crippen LogP contribution is 2.21. The van der Waals surface area contributed by atoms with Crippen LogP contribution in [-0.4, -0.2) is 45.4 Å². The van der Waals surface area contributed by atoms with Gasteiger partial charge in [0.1, 0.15) is 5.82 Å². The van der Waals surface area contributed by atoms with Crippen LogP contribution in [0.15, 0.2) is 23.2 Å². The van der Waals surface area contributed by atoms with Crippen molar-refractivity contribution in [3.63, 3.8) is 0 Å². The molecule has 1 atom stereocenters. The monoisotopic (exact) mass is 492 g/mol. The highest BCUT2D eigenvalue weighted by atomic mass is 127. The minimum absolute atomic E-state index is 0. The predicted octanol–water partition coefficient (Wildman–Crippen LogP) is 3.91. The zero-order chi connectivity index (χ0) is 18.8. The molecular formula is C20H34FIN4O. The second kappa shape index (κ2) is 13.1. The molecule has 1 saturated heterocycles. The van der Waals surface area contributed by atoms with Crippen LogP contribution in [0.4, 0.5) is 10.1 Å². The van der Waals surface area contributed by atoms with E-state index in [4.69, 9.17) is 4.74 Å². The van der Waals surface area contributed by atoms with Crippen molar-refractivity contribution < 1.29 is 9.13 Å². The Balaban J connectivity index is 0.00000364. The fourth-order valence-corrected chi connectivity index (χ4v) is 3.11. The van der Waals surface area contributed by atoms with E-state index in [1.165, 1.54) is 19.3 Å². The summed E-state index contributed by atoms with van der Waals surface area (Å²) in [5, 5.41) is 6.67. The van der Waals surface area contributed by atoms with Crippen LogP contribution >= 0.6 is 24.0 Å². The number of benzene rings is 1. The molecule has 0 aromatic heterocycles. The van der Waals surface area contributed by atoms with Gasteiger partial charge in [-0.25, -0.2) is 4.39 Å². The van der Waals surface area contributed by atoms with E-state index in [1.807, 2.05) is 17.0 Å². The summed E-state index contributed by atoms with van der Waals surface area (Å²) in [7, 11) is 1.76. The smallest absolute Gasteiger partial charge is 0.191 e. The lowest BCUT2D eigenvalue weighted by molar-refractivity contribution is 0.122. The SMILES string of the molecule is CCCCCC(C)NC(=NC)NCc1ccc(N2CCOCC2)c(F)c1.I. The number of aliphatic imine (C=N–C) groups is 1. The molecule has 1 aliphatic heterocycles. The van der Waals surface area contributed by atoms with Gasteiger partial charge in [-0.3, -0.25) is 4.99 Å². The highest BCUT2D eigenvalue weighted by molar-refractivity contribution is 14.0. The Morgan fingerprint density at radius 2 is 2.04 bits per heavy atom. The van der Waals surface area contributed by atoms with Crippen molar-refractivity contribution in [2.24, 2.45) is 4.99 Å². The van der Waals surface area contributed by atoms with E-state index < -0.39 is 0 Å². The van der Waals surface area contributed by atoms with Crippen LogP contribution in [0.2, 0.25) is 0 Å². The van der Waals surface area contributed by atoms with Gasteiger partial charge in [-0.05, 0) is 31.0 Å². The lowest BCUT2D eigenvalue weighted by Crippen LogP contribution is -2.41. The second-order valence-corrected chi connectivity index (χ2v) is 6.85. The van der Waals surface area contributed by atoms with Gasteiger partial charge in [-0.1, -0.05) is 32.3 Å². The van der Waals surface area contributed by atoms with Crippen molar-refractivity contribution in [2.45, 2.75) is 52.1 Å². The van der Waals surface area contributed by atoms with E-state index in [1.54, 1.807) is 13.1 Å². The minimum atomic E-state index is -0.179. The normalized spacial score (nSPS) is 15.9. The average molecular weight is 492 g/mol. The standard InChI is InChI=1S/C20H33FN4O.HI/c1-4-5-6-7-16(2)24-20(22-3)23-15-17-8-9-19(18(21)14-17)25-10-12-26-13-11-25;/h8-9,14,16H,4-7,10-13,15H2,1-3H3,(H2,22,23,24);1H. The van der Waals surface area contributed by atoms with Gasteiger partial charge in [0.15, 0.2) is 5.96 Å². The first-order valence-corrected chi connectivity index (χ1v) is 9.72. The van der Waals surface area contributed by atoms with Crippen LogP contribution in [0, 0.1) is 5.82 Å². The Morgan fingerprint density at radius 1 is 1.30 bits per heavy atom. The summed E-state index contributed by atoms with van der Waals surface area (Å²) >= 11 is 0. The molecule has 2 N–H and O–H groups in total. The number of anilines is 1. The van der Waals surface area contributed by atoms with Gasteiger partial charge < -0.3 is 20.3 Å². The molecule has 7 heteroatoms. The first-order chi connectivity index (χ1) is 12.6. The first kappa shape index (κ1) is 23.9. The molecule has 0 aliphatic carbocycles. The maximum atomic E-state index is 14.5. The fraction of sp³-hybridized carbons (Fsp3) is 0.650. The van der Waals surface area contributed by atoms with E-state index in [2.05, 4.69) is 29.5 Å².